The molecule has 0 aliphatic heterocycles. The summed E-state index contributed by atoms with van der Waals surface area (Å²) in [5.41, 5.74) is 7.58. The first-order valence-corrected chi connectivity index (χ1v) is 11.0. The second kappa shape index (κ2) is 9.56. The van der Waals surface area contributed by atoms with Crippen LogP contribution in [-0.4, -0.2) is 28.2 Å². The number of nitrogens with zero attached hydrogens (tertiary/aromatic N) is 2. The van der Waals surface area contributed by atoms with Gasteiger partial charge in [0.05, 0.1) is 0 Å². The van der Waals surface area contributed by atoms with Gasteiger partial charge >= 0.3 is 0 Å². The van der Waals surface area contributed by atoms with E-state index in [1.54, 1.807) is 0 Å². The lowest BCUT2D eigenvalue weighted by Crippen LogP contribution is -2.07. The van der Waals surface area contributed by atoms with E-state index in [2.05, 4.69) is 119 Å². The first-order chi connectivity index (χ1) is 15.9. The van der Waals surface area contributed by atoms with Gasteiger partial charge in [-0.3, -0.25) is 0 Å². The minimum Gasteiger partial charge on any atom is -0.378 e. The number of rotatable bonds is 2. The highest BCUT2D eigenvalue weighted by Crippen LogP contribution is 2.25. The van der Waals surface area contributed by atoms with Crippen molar-refractivity contribution >= 4 is 22.1 Å². The van der Waals surface area contributed by atoms with E-state index in [-0.39, 0.29) is 0 Å². The molecule has 0 saturated heterocycles. The maximum atomic E-state index is 3.42. The number of aryl methyl sites for hydroxylation is 1. The van der Waals surface area contributed by atoms with E-state index < -0.39 is 0 Å². The highest BCUT2D eigenvalue weighted by molar-refractivity contribution is 5.94. The van der Waals surface area contributed by atoms with Gasteiger partial charge in [0.1, 0.15) is 0 Å². The first kappa shape index (κ1) is 22.1. The smallest absolute Gasteiger partial charge is 0.0361 e. The number of fused-ring (bicyclic) bond motifs is 1. The average Bonchev–Trinajstić information content (AvgIpc) is 2.82. The lowest BCUT2D eigenvalue weighted by Gasteiger charge is -2.11. The molecule has 2 heteroatoms. The van der Waals surface area contributed by atoms with Gasteiger partial charge in [0.25, 0.3) is 0 Å². The van der Waals surface area contributed by atoms with E-state index in [1.807, 2.05) is 28.2 Å². The molecule has 0 atom stereocenters. The molecule has 162 valence electrons. The molecule has 2 nitrogen and oxygen atoms in total. The van der Waals surface area contributed by atoms with Gasteiger partial charge in [-0.25, -0.2) is 0 Å². The number of hydrogen-bond acceptors (Lipinski definition) is 2. The molecular weight excluding hydrogens is 400 g/mol. The van der Waals surface area contributed by atoms with Gasteiger partial charge in [-0.1, -0.05) is 47.9 Å². The van der Waals surface area contributed by atoms with E-state index in [4.69, 9.17) is 0 Å². The number of hydrogen-bond donors (Lipinski definition) is 0. The summed E-state index contributed by atoms with van der Waals surface area (Å²) in [6, 6.07) is 27.2. The molecule has 0 N–H and O–H groups in total. The summed E-state index contributed by atoms with van der Waals surface area (Å²) in [7, 11) is 8.16. The van der Waals surface area contributed by atoms with Crippen LogP contribution in [0.5, 0.6) is 0 Å². The fraction of sp³-hybridized carbons (Fsp3) is 0.161. The topological polar surface area (TPSA) is 6.48 Å². The lowest BCUT2D eigenvalue weighted by molar-refractivity contribution is 1.13. The molecule has 0 amide bonds. The summed E-state index contributed by atoms with van der Waals surface area (Å²) in [5, 5.41) is 2.27. The highest BCUT2D eigenvalue weighted by atomic mass is 15.1. The second-order valence-electron chi connectivity index (χ2n) is 8.54. The van der Waals surface area contributed by atoms with Crippen LogP contribution in [0.2, 0.25) is 0 Å². The Hall–Kier alpha value is -4.14. The number of benzene rings is 4. The molecule has 4 aromatic carbocycles. The van der Waals surface area contributed by atoms with Crippen molar-refractivity contribution in [2.24, 2.45) is 0 Å². The van der Waals surface area contributed by atoms with Crippen molar-refractivity contribution in [2.45, 2.75) is 6.92 Å². The zero-order valence-corrected chi connectivity index (χ0v) is 19.9. The van der Waals surface area contributed by atoms with E-state index in [0.29, 0.717) is 0 Å². The Kier molecular flexibility index (Phi) is 6.39. The third-order valence-corrected chi connectivity index (χ3v) is 5.68. The van der Waals surface area contributed by atoms with Gasteiger partial charge in [-0.2, -0.15) is 0 Å². The van der Waals surface area contributed by atoms with E-state index in [0.717, 1.165) is 38.6 Å². The van der Waals surface area contributed by atoms with Crippen LogP contribution in [0.3, 0.4) is 0 Å². The van der Waals surface area contributed by atoms with Crippen molar-refractivity contribution in [2.75, 3.05) is 38.0 Å². The minimum absolute atomic E-state index is 1.01. The Morgan fingerprint density at radius 3 is 1.55 bits per heavy atom. The van der Waals surface area contributed by atoms with Crippen LogP contribution in [0.15, 0.2) is 78.9 Å². The van der Waals surface area contributed by atoms with Crippen molar-refractivity contribution in [3.05, 3.63) is 107 Å². The molecule has 33 heavy (non-hydrogen) atoms. The van der Waals surface area contributed by atoms with Crippen molar-refractivity contribution in [1.82, 2.24) is 0 Å². The molecule has 0 aliphatic carbocycles. The first-order valence-electron chi connectivity index (χ1n) is 11.0. The Morgan fingerprint density at radius 1 is 0.545 bits per heavy atom. The number of anilines is 2. The van der Waals surface area contributed by atoms with Gasteiger partial charge in [0.2, 0.25) is 0 Å². The molecule has 0 aromatic heterocycles. The largest absolute Gasteiger partial charge is 0.378 e. The SMILES string of the molecule is Cc1cc(C#Cc2ccc(N(C)C)cc2)c2ccccc2c1C#Cc1ccc(N(C)C)cc1. The van der Waals surface area contributed by atoms with Crippen LogP contribution in [0, 0.1) is 30.6 Å². The highest BCUT2D eigenvalue weighted by Gasteiger charge is 2.07. The second-order valence-corrected chi connectivity index (χ2v) is 8.54. The standard InChI is InChI=1S/C31H28N2/c1-23-22-26(16-10-24-11-17-27(18-12-24)32(2)3)30-8-6-7-9-31(30)29(23)21-15-25-13-19-28(20-14-25)33(4)5/h6-9,11-14,17-20,22H,1-5H3. The average molecular weight is 429 g/mol. The lowest BCUT2D eigenvalue weighted by atomic mass is 9.95. The van der Waals surface area contributed by atoms with E-state index >= 15 is 0 Å². The monoisotopic (exact) mass is 428 g/mol. The Bertz CT molecular complexity index is 1400. The maximum absolute atomic E-state index is 3.42. The molecule has 0 bridgehead atoms. The van der Waals surface area contributed by atoms with Crippen molar-refractivity contribution in [3.8, 4) is 23.7 Å². The normalized spacial score (nSPS) is 10.1. The Labute approximate surface area is 197 Å². The minimum atomic E-state index is 1.01. The summed E-state index contributed by atoms with van der Waals surface area (Å²) in [6.45, 7) is 2.11. The summed E-state index contributed by atoms with van der Waals surface area (Å²) in [4.78, 5) is 4.18. The van der Waals surface area contributed by atoms with E-state index in [9.17, 15) is 0 Å². The fourth-order valence-corrected chi connectivity index (χ4v) is 3.74. The summed E-state index contributed by atoms with van der Waals surface area (Å²) >= 11 is 0. The third-order valence-electron chi connectivity index (χ3n) is 5.68. The van der Waals surface area contributed by atoms with Gasteiger partial charge < -0.3 is 9.80 Å². The predicted molar refractivity (Wildman–Crippen MR) is 142 cm³/mol. The van der Waals surface area contributed by atoms with Crippen molar-refractivity contribution in [1.29, 1.82) is 0 Å². The van der Waals surface area contributed by atoms with Crippen molar-refractivity contribution < 1.29 is 0 Å². The molecule has 0 aliphatic rings. The van der Waals surface area contributed by atoms with Gasteiger partial charge in [0.15, 0.2) is 0 Å². The van der Waals surface area contributed by atoms with Gasteiger partial charge in [-0.15, -0.1) is 0 Å². The van der Waals surface area contributed by atoms with Crippen molar-refractivity contribution in [3.63, 3.8) is 0 Å². The van der Waals surface area contributed by atoms with Crippen LogP contribution in [0.4, 0.5) is 11.4 Å². The maximum Gasteiger partial charge on any atom is 0.0361 e. The van der Waals surface area contributed by atoms with Crippen LogP contribution in [0.25, 0.3) is 10.8 Å². The zero-order valence-electron chi connectivity index (χ0n) is 19.9. The summed E-state index contributed by atoms with van der Waals surface area (Å²) in [6.07, 6.45) is 0. The van der Waals surface area contributed by atoms with Crippen LogP contribution < -0.4 is 9.80 Å². The van der Waals surface area contributed by atoms with Crippen LogP contribution >= 0.6 is 0 Å². The van der Waals surface area contributed by atoms with Gasteiger partial charge in [0, 0.05) is 61.8 Å². The Morgan fingerprint density at radius 2 is 1.03 bits per heavy atom. The summed E-state index contributed by atoms with van der Waals surface area (Å²) in [5.74, 6) is 13.5. The van der Waals surface area contributed by atoms with Gasteiger partial charge in [-0.05, 0) is 77.9 Å². The molecule has 0 unspecified atom stereocenters. The summed E-state index contributed by atoms with van der Waals surface area (Å²) < 4.78 is 0. The van der Waals surface area contributed by atoms with Crippen LogP contribution in [-0.2, 0) is 0 Å². The zero-order chi connectivity index (χ0) is 23.4. The van der Waals surface area contributed by atoms with Crippen LogP contribution in [0.1, 0.15) is 27.8 Å². The molecule has 4 aromatic rings. The quantitative estimate of drug-likeness (QED) is 0.357. The molecule has 0 saturated carbocycles. The molecule has 4 rings (SSSR count). The molecule has 0 spiro atoms. The third kappa shape index (κ3) is 5.03. The molecular formula is C31H28N2. The Balaban J connectivity index is 1.71. The molecule has 0 radical (unpaired) electrons. The molecule has 0 heterocycles. The fourth-order valence-electron chi connectivity index (χ4n) is 3.74. The van der Waals surface area contributed by atoms with E-state index in [1.165, 1.54) is 11.4 Å². The molecule has 0 fully saturated rings. The predicted octanol–water partition coefficient (Wildman–Crippen LogP) is 6.08.